The first-order valence-corrected chi connectivity index (χ1v) is 9.28. The normalized spacial score (nSPS) is 17.7. The average molecular weight is 370 g/mol. The van der Waals surface area contributed by atoms with E-state index in [1.54, 1.807) is 6.20 Å². The van der Waals surface area contributed by atoms with Gasteiger partial charge in [0.1, 0.15) is 0 Å². The van der Waals surface area contributed by atoms with Crippen molar-refractivity contribution in [1.82, 2.24) is 19.6 Å². The molecule has 1 aromatic heterocycles. The van der Waals surface area contributed by atoms with Crippen LogP contribution in [0, 0.1) is 6.92 Å². The molecule has 1 aliphatic rings. The number of amides is 1. The monoisotopic (exact) mass is 370 g/mol. The van der Waals surface area contributed by atoms with Gasteiger partial charge in [-0.1, -0.05) is 0 Å². The molecular weight excluding hydrogens is 344 g/mol. The Kier molecular flexibility index (Phi) is 5.91. The number of carboxylic acid groups (broad SMARTS) is 1. The molecule has 144 valence electrons. The molecule has 2 heterocycles. The van der Waals surface area contributed by atoms with Crippen LogP contribution < -0.4 is 0 Å². The maximum atomic E-state index is 12.9. The second kappa shape index (κ2) is 8.35. The van der Waals surface area contributed by atoms with E-state index in [-0.39, 0.29) is 18.5 Å². The Morgan fingerprint density at radius 1 is 1.19 bits per heavy atom. The second-order valence-corrected chi connectivity index (χ2v) is 7.12. The fourth-order valence-electron chi connectivity index (χ4n) is 3.63. The van der Waals surface area contributed by atoms with Crippen LogP contribution >= 0.6 is 0 Å². The lowest BCUT2D eigenvalue weighted by molar-refractivity contribution is -0.138. The van der Waals surface area contributed by atoms with Gasteiger partial charge >= 0.3 is 5.97 Å². The molecule has 0 saturated carbocycles. The van der Waals surface area contributed by atoms with Gasteiger partial charge in [0, 0.05) is 36.6 Å². The van der Waals surface area contributed by atoms with Gasteiger partial charge in [0.15, 0.2) is 0 Å². The number of carbonyl (C=O) groups is 2. The Hall–Kier alpha value is -2.67. The summed E-state index contributed by atoms with van der Waals surface area (Å²) in [6, 6.07) is 9.65. The van der Waals surface area contributed by atoms with E-state index in [0.717, 1.165) is 30.6 Å². The number of likely N-dealkylation sites (N-methyl/N-ethyl adjacent to an activating group) is 1. The summed E-state index contributed by atoms with van der Waals surface area (Å²) in [7, 11) is 1.84. The third kappa shape index (κ3) is 4.54. The molecule has 0 bridgehead atoms. The summed E-state index contributed by atoms with van der Waals surface area (Å²) in [5.41, 5.74) is 2.64. The van der Waals surface area contributed by atoms with Crippen molar-refractivity contribution in [3.8, 4) is 5.69 Å². The zero-order valence-electron chi connectivity index (χ0n) is 15.8. The van der Waals surface area contributed by atoms with Crippen molar-refractivity contribution >= 4 is 11.9 Å². The lowest BCUT2D eigenvalue weighted by Gasteiger charge is -2.25. The van der Waals surface area contributed by atoms with Crippen LogP contribution in [-0.2, 0) is 4.79 Å². The maximum absolute atomic E-state index is 12.9. The van der Waals surface area contributed by atoms with E-state index in [9.17, 15) is 9.59 Å². The quantitative estimate of drug-likeness (QED) is 0.873. The van der Waals surface area contributed by atoms with Crippen molar-refractivity contribution < 1.29 is 14.7 Å². The fourth-order valence-corrected chi connectivity index (χ4v) is 3.63. The highest BCUT2D eigenvalue weighted by Crippen LogP contribution is 2.19. The molecule has 1 amide bonds. The van der Waals surface area contributed by atoms with Gasteiger partial charge < -0.3 is 10.0 Å². The molecule has 1 atom stereocenters. The smallest absolute Gasteiger partial charge is 0.317 e. The highest BCUT2D eigenvalue weighted by molar-refractivity contribution is 5.94. The van der Waals surface area contributed by atoms with E-state index in [1.807, 2.05) is 58.8 Å². The molecule has 27 heavy (non-hydrogen) atoms. The van der Waals surface area contributed by atoms with Gasteiger partial charge in [-0.3, -0.25) is 14.5 Å². The molecule has 7 nitrogen and oxygen atoms in total. The molecule has 1 fully saturated rings. The first kappa shape index (κ1) is 19.1. The van der Waals surface area contributed by atoms with Crippen molar-refractivity contribution in [2.45, 2.75) is 32.2 Å². The van der Waals surface area contributed by atoms with Crippen LogP contribution in [0.5, 0.6) is 0 Å². The minimum absolute atomic E-state index is 0.0280. The van der Waals surface area contributed by atoms with Crippen LogP contribution in [0.25, 0.3) is 5.69 Å². The first-order valence-electron chi connectivity index (χ1n) is 9.28. The number of hydrogen-bond donors (Lipinski definition) is 1. The number of hydrogen-bond acceptors (Lipinski definition) is 4. The second-order valence-electron chi connectivity index (χ2n) is 7.12. The number of aryl methyl sites for hydroxylation is 1. The summed E-state index contributed by atoms with van der Waals surface area (Å²) in [6.07, 6.45) is 4.33. The van der Waals surface area contributed by atoms with E-state index < -0.39 is 5.97 Å². The SMILES string of the molecule is Cc1ccnn1-c1ccc(C(=O)N2CCCC(N(C)CC(=O)O)CC2)cc1. The standard InChI is InChI=1S/C20H26N4O3/c1-15-9-11-21-24(15)18-7-5-16(6-8-18)20(27)23-12-3-4-17(10-13-23)22(2)14-19(25)26/h5-9,11,17H,3-4,10,12-14H2,1-2H3,(H,25,26). The van der Waals surface area contributed by atoms with Crippen molar-refractivity contribution in [2.24, 2.45) is 0 Å². The van der Waals surface area contributed by atoms with Gasteiger partial charge in [-0.2, -0.15) is 5.10 Å². The summed E-state index contributed by atoms with van der Waals surface area (Å²) >= 11 is 0. The molecule has 0 aliphatic carbocycles. The number of carboxylic acids is 1. The van der Waals surface area contributed by atoms with Crippen LogP contribution in [0.3, 0.4) is 0 Å². The molecule has 7 heteroatoms. The van der Waals surface area contributed by atoms with Gasteiger partial charge in [-0.05, 0) is 63.6 Å². The van der Waals surface area contributed by atoms with Gasteiger partial charge in [-0.15, -0.1) is 0 Å². The predicted molar refractivity (Wildman–Crippen MR) is 102 cm³/mol. The Morgan fingerprint density at radius 2 is 1.93 bits per heavy atom. The Balaban J connectivity index is 1.64. The van der Waals surface area contributed by atoms with Crippen molar-refractivity contribution in [1.29, 1.82) is 0 Å². The van der Waals surface area contributed by atoms with Crippen molar-refractivity contribution in [3.63, 3.8) is 0 Å². The third-order valence-corrected chi connectivity index (χ3v) is 5.18. The molecule has 0 spiro atoms. The number of rotatable bonds is 5. The predicted octanol–water partition coefficient (Wildman–Crippen LogP) is 2.19. The lowest BCUT2D eigenvalue weighted by atomic mass is 10.1. The van der Waals surface area contributed by atoms with Crippen LogP contribution in [0.2, 0.25) is 0 Å². The van der Waals surface area contributed by atoms with E-state index in [2.05, 4.69) is 5.10 Å². The number of aliphatic carboxylic acids is 1. The molecule has 1 aliphatic heterocycles. The molecular formula is C20H26N4O3. The Bertz CT molecular complexity index is 800. The summed E-state index contributed by atoms with van der Waals surface area (Å²) in [5.74, 6) is -0.789. The molecule has 3 rings (SSSR count). The average Bonchev–Trinajstić information content (AvgIpc) is 2.92. The van der Waals surface area contributed by atoms with Crippen LogP contribution in [0.4, 0.5) is 0 Å². The third-order valence-electron chi connectivity index (χ3n) is 5.18. The minimum atomic E-state index is -0.817. The van der Waals surface area contributed by atoms with Crippen molar-refractivity contribution in [2.75, 3.05) is 26.7 Å². The minimum Gasteiger partial charge on any atom is -0.480 e. The number of benzene rings is 1. The zero-order chi connectivity index (χ0) is 19.4. The van der Waals surface area contributed by atoms with Gasteiger partial charge in [-0.25, -0.2) is 4.68 Å². The summed E-state index contributed by atoms with van der Waals surface area (Å²) in [6.45, 7) is 3.37. The maximum Gasteiger partial charge on any atom is 0.317 e. The number of carbonyl (C=O) groups excluding carboxylic acids is 1. The summed E-state index contributed by atoms with van der Waals surface area (Å²) in [5, 5.41) is 13.3. The summed E-state index contributed by atoms with van der Waals surface area (Å²) in [4.78, 5) is 27.5. The summed E-state index contributed by atoms with van der Waals surface area (Å²) < 4.78 is 1.84. The first-order chi connectivity index (χ1) is 13.0. The fraction of sp³-hybridized carbons (Fsp3) is 0.450. The van der Waals surface area contributed by atoms with E-state index in [0.29, 0.717) is 18.7 Å². The Labute approximate surface area is 159 Å². The molecule has 1 N–H and O–H groups in total. The highest BCUT2D eigenvalue weighted by atomic mass is 16.4. The van der Waals surface area contributed by atoms with Crippen molar-refractivity contribution in [3.05, 3.63) is 47.8 Å². The molecule has 1 unspecified atom stereocenters. The molecule has 1 aromatic carbocycles. The largest absolute Gasteiger partial charge is 0.480 e. The number of aromatic nitrogens is 2. The van der Waals surface area contributed by atoms with Gasteiger partial charge in [0.05, 0.1) is 12.2 Å². The van der Waals surface area contributed by atoms with Gasteiger partial charge in [0.2, 0.25) is 0 Å². The topological polar surface area (TPSA) is 78.7 Å². The Morgan fingerprint density at radius 3 is 2.56 bits per heavy atom. The molecule has 0 radical (unpaired) electrons. The molecule has 2 aromatic rings. The van der Waals surface area contributed by atoms with Crippen LogP contribution in [-0.4, -0.2) is 69.3 Å². The van der Waals surface area contributed by atoms with E-state index in [1.165, 1.54) is 0 Å². The lowest BCUT2D eigenvalue weighted by Crippen LogP contribution is -2.37. The highest BCUT2D eigenvalue weighted by Gasteiger charge is 2.24. The number of likely N-dealkylation sites (tertiary alicyclic amines) is 1. The van der Waals surface area contributed by atoms with Crippen LogP contribution in [0.1, 0.15) is 35.3 Å². The van der Waals surface area contributed by atoms with E-state index in [4.69, 9.17) is 5.11 Å². The number of nitrogens with zero attached hydrogens (tertiary/aromatic N) is 4. The zero-order valence-corrected chi connectivity index (χ0v) is 15.8. The van der Waals surface area contributed by atoms with Gasteiger partial charge in [0.25, 0.3) is 5.91 Å². The molecule has 1 saturated heterocycles. The van der Waals surface area contributed by atoms with E-state index >= 15 is 0 Å². The van der Waals surface area contributed by atoms with Crippen LogP contribution in [0.15, 0.2) is 36.5 Å².